The Bertz CT molecular complexity index is 280. The lowest BCUT2D eigenvalue weighted by Crippen LogP contribution is -2.45. The molecule has 1 N–H and O–H groups in total. The minimum absolute atomic E-state index is 0.103. The zero-order valence-corrected chi connectivity index (χ0v) is 13.1. The Labute approximate surface area is 113 Å². The molecule has 2 heteroatoms. The summed E-state index contributed by atoms with van der Waals surface area (Å²) in [5.74, 6) is 1.23. The maximum absolute atomic E-state index is 12.2. The molecule has 0 aromatic heterocycles. The third-order valence-electron chi connectivity index (χ3n) is 4.78. The van der Waals surface area contributed by atoms with Crippen LogP contribution in [0.15, 0.2) is 0 Å². The van der Waals surface area contributed by atoms with Crippen LogP contribution >= 0.6 is 0 Å². The molecule has 1 rings (SSSR count). The number of hydrogen-bond acceptors (Lipinski definition) is 1. The molecule has 0 radical (unpaired) electrons. The zero-order valence-electron chi connectivity index (χ0n) is 13.1. The van der Waals surface area contributed by atoms with Crippen LogP contribution in [0.5, 0.6) is 0 Å². The third kappa shape index (κ3) is 3.73. The van der Waals surface area contributed by atoms with Gasteiger partial charge in [-0.2, -0.15) is 0 Å². The van der Waals surface area contributed by atoms with Gasteiger partial charge in [-0.1, -0.05) is 27.2 Å². The number of nitrogens with one attached hydrogen (secondary N) is 1. The molecular formula is C16H31NO. The monoisotopic (exact) mass is 253 g/mol. The van der Waals surface area contributed by atoms with Crippen molar-refractivity contribution in [1.82, 2.24) is 5.32 Å². The van der Waals surface area contributed by atoms with E-state index in [1.807, 2.05) is 0 Å². The third-order valence-corrected chi connectivity index (χ3v) is 4.78. The van der Waals surface area contributed by atoms with Crippen LogP contribution in [-0.4, -0.2) is 11.4 Å². The first-order valence-electron chi connectivity index (χ1n) is 7.52. The van der Waals surface area contributed by atoms with E-state index in [9.17, 15) is 4.79 Å². The van der Waals surface area contributed by atoms with Gasteiger partial charge in [-0.15, -0.1) is 0 Å². The van der Waals surface area contributed by atoms with E-state index in [1.165, 1.54) is 19.3 Å². The molecule has 0 spiro atoms. The molecule has 1 aliphatic rings. The predicted molar refractivity (Wildman–Crippen MR) is 77.4 cm³/mol. The van der Waals surface area contributed by atoms with E-state index < -0.39 is 0 Å². The van der Waals surface area contributed by atoms with Gasteiger partial charge in [0.1, 0.15) is 0 Å². The molecule has 1 aliphatic carbocycles. The van der Waals surface area contributed by atoms with Gasteiger partial charge in [0.25, 0.3) is 0 Å². The molecule has 1 fully saturated rings. The largest absolute Gasteiger partial charge is 0.351 e. The SMILES string of the molecule is CCC1(C(C)C)CCC(C(=O)NC(C)(C)C)CC1. The highest BCUT2D eigenvalue weighted by molar-refractivity contribution is 5.79. The van der Waals surface area contributed by atoms with Crippen LogP contribution < -0.4 is 5.32 Å². The minimum atomic E-state index is -0.103. The summed E-state index contributed by atoms with van der Waals surface area (Å²) in [6, 6.07) is 0. The maximum Gasteiger partial charge on any atom is 0.223 e. The van der Waals surface area contributed by atoms with Crippen LogP contribution in [0.4, 0.5) is 0 Å². The second-order valence-electron chi connectivity index (χ2n) is 7.38. The standard InChI is InChI=1S/C16H31NO/c1-7-16(12(2)3)10-8-13(9-11-16)14(18)17-15(4,5)6/h12-13H,7-11H2,1-6H3,(H,17,18). The zero-order chi connectivity index (χ0) is 14.0. The average molecular weight is 253 g/mol. The highest BCUT2D eigenvalue weighted by Gasteiger charge is 2.38. The normalized spacial score (nSPS) is 29.4. The molecule has 0 unspecified atom stereocenters. The van der Waals surface area contributed by atoms with Gasteiger partial charge < -0.3 is 5.32 Å². The Morgan fingerprint density at radius 1 is 1.28 bits per heavy atom. The van der Waals surface area contributed by atoms with Crippen LogP contribution in [0.2, 0.25) is 0 Å². The van der Waals surface area contributed by atoms with E-state index in [1.54, 1.807) is 0 Å². The van der Waals surface area contributed by atoms with Crippen molar-refractivity contribution in [3.63, 3.8) is 0 Å². The highest BCUT2D eigenvalue weighted by Crippen LogP contribution is 2.46. The number of carbonyl (C=O) groups excluding carboxylic acids is 1. The highest BCUT2D eigenvalue weighted by atomic mass is 16.2. The summed E-state index contributed by atoms with van der Waals surface area (Å²) in [5.41, 5.74) is 0.382. The lowest BCUT2D eigenvalue weighted by atomic mass is 9.63. The lowest BCUT2D eigenvalue weighted by Gasteiger charge is -2.43. The summed E-state index contributed by atoms with van der Waals surface area (Å²) in [6.45, 7) is 13.1. The van der Waals surface area contributed by atoms with Crippen molar-refractivity contribution in [1.29, 1.82) is 0 Å². The number of hydrogen-bond donors (Lipinski definition) is 1. The molecular weight excluding hydrogens is 222 g/mol. The maximum atomic E-state index is 12.2. The van der Waals surface area contributed by atoms with Crippen LogP contribution in [0.25, 0.3) is 0 Å². The molecule has 0 aromatic carbocycles. The molecule has 0 saturated heterocycles. The van der Waals surface area contributed by atoms with Crippen molar-refractivity contribution < 1.29 is 4.79 Å². The quantitative estimate of drug-likeness (QED) is 0.804. The van der Waals surface area contributed by atoms with Crippen LogP contribution in [0.1, 0.15) is 73.6 Å². The van der Waals surface area contributed by atoms with E-state index >= 15 is 0 Å². The summed E-state index contributed by atoms with van der Waals surface area (Å²) in [4.78, 5) is 12.2. The minimum Gasteiger partial charge on any atom is -0.351 e. The molecule has 18 heavy (non-hydrogen) atoms. The van der Waals surface area contributed by atoms with Gasteiger partial charge in [0, 0.05) is 11.5 Å². The molecule has 1 amide bonds. The average Bonchev–Trinajstić information content (AvgIpc) is 2.26. The van der Waals surface area contributed by atoms with Gasteiger partial charge in [0.15, 0.2) is 0 Å². The fourth-order valence-corrected chi connectivity index (χ4v) is 3.27. The van der Waals surface area contributed by atoms with Crippen LogP contribution in [-0.2, 0) is 4.79 Å². The van der Waals surface area contributed by atoms with Crippen molar-refractivity contribution in [2.45, 2.75) is 79.2 Å². The smallest absolute Gasteiger partial charge is 0.223 e. The van der Waals surface area contributed by atoms with Gasteiger partial charge in [0.2, 0.25) is 5.91 Å². The molecule has 0 aromatic rings. The summed E-state index contributed by atoms with van der Waals surface area (Å²) >= 11 is 0. The Balaban J connectivity index is 2.56. The second kappa shape index (κ2) is 5.63. The Morgan fingerprint density at radius 2 is 1.78 bits per heavy atom. The molecule has 106 valence electrons. The Morgan fingerprint density at radius 3 is 2.11 bits per heavy atom. The van der Waals surface area contributed by atoms with Crippen molar-refractivity contribution in [3.05, 3.63) is 0 Å². The summed E-state index contributed by atoms with van der Waals surface area (Å²) < 4.78 is 0. The van der Waals surface area contributed by atoms with Gasteiger partial charge in [-0.05, 0) is 57.8 Å². The van der Waals surface area contributed by atoms with Crippen molar-refractivity contribution in [2.75, 3.05) is 0 Å². The Hall–Kier alpha value is -0.530. The van der Waals surface area contributed by atoms with Gasteiger partial charge >= 0.3 is 0 Å². The lowest BCUT2D eigenvalue weighted by molar-refractivity contribution is -0.128. The summed E-state index contributed by atoms with van der Waals surface area (Å²) in [5, 5.41) is 3.12. The fourth-order valence-electron chi connectivity index (χ4n) is 3.27. The van der Waals surface area contributed by atoms with Crippen LogP contribution in [0.3, 0.4) is 0 Å². The van der Waals surface area contributed by atoms with E-state index in [0.29, 0.717) is 5.41 Å². The van der Waals surface area contributed by atoms with Gasteiger partial charge in [-0.25, -0.2) is 0 Å². The summed E-state index contributed by atoms with van der Waals surface area (Å²) in [7, 11) is 0. The van der Waals surface area contributed by atoms with E-state index in [-0.39, 0.29) is 17.4 Å². The molecule has 0 aliphatic heterocycles. The number of carbonyl (C=O) groups is 1. The van der Waals surface area contributed by atoms with Gasteiger partial charge in [-0.3, -0.25) is 4.79 Å². The van der Waals surface area contributed by atoms with E-state index in [4.69, 9.17) is 0 Å². The number of amides is 1. The Kier molecular flexibility index (Phi) is 4.85. The number of rotatable bonds is 3. The van der Waals surface area contributed by atoms with E-state index in [0.717, 1.165) is 18.8 Å². The van der Waals surface area contributed by atoms with Crippen molar-refractivity contribution in [3.8, 4) is 0 Å². The molecule has 0 bridgehead atoms. The molecule has 0 atom stereocenters. The first-order chi connectivity index (χ1) is 8.20. The predicted octanol–water partition coefficient (Wildman–Crippen LogP) is 4.14. The first kappa shape index (κ1) is 15.5. The molecule has 1 saturated carbocycles. The van der Waals surface area contributed by atoms with Crippen molar-refractivity contribution >= 4 is 5.91 Å². The van der Waals surface area contributed by atoms with Crippen LogP contribution in [0, 0.1) is 17.3 Å². The second-order valence-corrected chi connectivity index (χ2v) is 7.38. The van der Waals surface area contributed by atoms with Crippen molar-refractivity contribution in [2.24, 2.45) is 17.3 Å². The molecule has 2 nitrogen and oxygen atoms in total. The first-order valence-corrected chi connectivity index (χ1v) is 7.52. The fraction of sp³-hybridized carbons (Fsp3) is 0.938. The molecule has 0 heterocycles. The topological polar surface area (TPSA) is 29.1 Å². The van der Waals surface area contributed by atoms with E-state index in [2.05, 4.69) is 46.9 Å². The summed E-state index contributed by atoms with van der Waals surface area (Å²) in [6.07, 6.45) is 5.80. The van der Waals surface area contributed by atoms with Gasteiger partial charge in [0.05, 0.1) is 0 Å².